The fourth-order valence-corrected chi connectivity index (χ4v) is 5.48. The van der Waals surface area contributed by atoms with E-state index in [-0.39, 0.29) is 11.8 Å². The molecule has 3 aromatic carbocycles. The van der Waals surface area contributed by atoms with Crippen LogP contribution in [0.1, 0.15) is 22.3 Å². The lowest BCUT2D eigenvalue weighted by Crippen LogP contribution is -2.29. The third-order valence-electron chi connectivity index (χ3n) is 5.92. The highest BCUT2D eigenvalue weighted by Crippen LogP contribution is 2.46. The van der Waals surface area contributed by atoms with E-state index in [1.807, 2.05) is 86.6 Å². The fraction of sp³-hybridized carbons (Fsp3) is 0.115. The quantitative estimate of drug-likeness (QED) is 0.379. The lowest BCUT2D eigenvalue weighted by Gasteiger charge is -2.18. The maximum absolute atomic E-state index is 13.6. The molecule has 2 amide bonds. The van der Waals surface area contributed by atoms with Crippen molar-refractivity contribution in [2.75, 3.05) is 9.80 Å². The van der Waals surface area contributed by atoms with Crippen LogP contribution < -0.4 is 9.80 Å². The molecule has 0 atom stereocenters. The van der Waals surface area contributed by atoms with Crippen molar-refractivity contribution in [2.24, 2.45) is 0 Å². The molecule has 0 saturated carbocycles. The summed E-state index contributed by atoms with van der Waals surface area (Å²) in [7, 11) is 0. The number of carbonyl (C=O) groups excluding carboxylic acids is 2. The molecule has 0 N–H and O–H groups in total. The summed E-state index contributed by atoms with van der Waals surface area (Å²) in [6, 6.07) is 23.3. The van der Waals surface area contributed by atoms with Gasteiger partial charge in [-0.1, -0.05) is 84.6 Å². The van der Waals surface area contributed by atoms with Crippen molar-refractivity contribution in [3.8, 4) is 0 Å². The Bertz CT molecular complexity index is 1310. The summed E-state index contributed by atoms with van der Waals surface area (Å²) >= 11 is 6.80. The molecule has 0 radical (unpaired) electrons. The van der Waals surface area contributed by atoms with E-state index in [0.717, 1.165) is 33.6 Å². The Morgan fingerprint density at radius 2 is 1.50 bits per heavy atom. The van der Waals surface area contributed by atoms with Gasteiger partial charge in [-0.05, 0) is 42.7 Å². The van der Waals surface area contributed by atoms with E-state index >= 15 is 0 Å². The first-order chi connectivity index (χ1) is 15.5. The number of anilines is 2. The SMILES string of the molecule is Cc1cccc(N2C(=O)/C(=C3/C(=O)N(Cc4ccccc4)c4ccccc43)SC2=S)c1C. The number of fused-ring (bicyclic) bond motifs is 1. The zero-order valence-corrected chi connectivity index (χ0v) is 19.3. The zero-order chi connectivity index (χ0) is 22.4. The third-order valence-corrected chi connectivity index (χ3v) is 7.29. The minimum atomic E-state index is -0.242. The molecule has 0 bridgehead atoms. The molecule has 0 aromatic heterocycles. The third kappa shape index (κ3) is 3.27. The first-order valence-corrected chi connectivity index (χ1v) is 11.5. The van der Waals surface area contributed by atoms with Gasteiger partial charge in [-0.25, -0.2) is 0 Å². The van der Waals surface area contributed by atoms with Gasteiger partial charge in [-0.2, -0.15) is 0 Å². The summed E-state index contributed by atoms with van der Waals surface area (Å²) in [5.41, 5.74) is 5.90. The van der Waals surface area contributed by atoms with Crippen LogP contribution in [0.25, 0.3) is 5.57 Å². The average molecular weight is 457 g/mol. The van der Waals surface area contributed by atoms with Crippen LogP contribution in [-0.2, 0) is 16.1 Å². The lowest BCUT2D eigenvalue weighted by atomic mass is 10.1. The minimum Gasteiger partial charge on any atom is -0.303 e. The molecule has 2 aliphatic heterocycles. The standard InChI is InChI=1S/C26H20N2O2S2/c1-16-9-8-14-20(17(16)2)28-25(30)23(32-26(28)31)22-19-12-6-7-13-21(19)27(24(22)29)15-18-10-4-3-5-11-18/h3-14H,15H2,1-2H3/b23-22-. The normalized spacial score (nSPS) is 18.0. The molecule has 2 heterocycles. The average Bonchev–Trinajstić information content (AvgIpc) is 3.23. The molecular weight excluding hydrogens is 436 g/mol. The van der Waals surface area contributed by atoms with Gasteiger partial charge in [0.15, 0.2) is 4.32 Å². The summed E-state index contributed by atoms with van der Waals surface area (Å²) in [6.45, 7) is 4.43. The largest absolute Gasteiger partial charge is 0.303 e. The van der Waals surface area contributed by atoms with Crippen molar-refractivity contribution in [3.05, 3.63) is 100.0 Å². The molecule has 0 aliphatic carbocycles. The van der Waals surface area contributed by atoms with Crippen LogP contribution in [0.2, 0.25) is 0 Å². The van der Waals surface area contributed by atoms with Crippen molar-refractivity contribution in [2.45, 2.75) is 20.4 Å². The van der Waals surface area contributed by atoms with Crippen molar-refractivity contribution in [3.63, 3.8) is 0 Å². The number of para-hydroxylation sites is 1. The van der Waals surface area contributed by atoms with E-state index in [2.05, 4.69) is 0 Å². The highest BCUT2D eigenvalue weighted by atomic mass is 32.2. The number of rotatable bonds is 3. The van der Waals surface area contributed by atoms with Crippen LogP contribution in [0.5, 0.6) is 0 Å². The summed E-state index contributed by atoms with van der Waals surface area (Å²) in [5, 5.41) is 0. The predicted molar refractivity (Wildman–Crippen MR) is 135 cm³/mol. The van der Waals surface area contributed by atoms with Crippen molar-refractivity contribution < 1.29 is 9.59 Å². The monoisotopic (exact) mass is 456 g/mol. The van der Waals surface area contributed by atoms with Gasteiger partial charge in [0, 0.05) is 5.56 Å². The number of benzene rings is 3. The van der Waals surface area contributed by atoms with Crippen LogP contribution >= 0.6 is 24.0 Å². The topological polar surface area (TPSA) is 40.6 Å². The number of amides is 2. The summed E-state index contributed by atoms with van der Waals surface area (Å²) in [6.07, 6.45) is 0. The molecule has 5 rings (SSSR count). The number of hydrogen-bond donors (Lipinski definition) is 0. The van der Waals surface area contributed by atoms with E-state index in [1.54, 1.807) is 9.80 Å². The van der Waals surface area contributed by atoms with E-state index in [4.69, 9.17) is 12.2 Å². The predicted octanol–water partition coefficient (Wildman–Crippen LogP) is 5.63. The molecule has 0 unspecified atom stereocenters. The number of hydrogen-bond acceptors (Lipinski definition) is 4. The lowest BCUT2D eigenvalue weighted by molar-refractivity contribution is -0.115. The van der Waals surface area contributed by atoms with Gasteiger partial charge < -0.3 is 4.90 Å². The number of thiocarbonyl (C=S) groups is 1. The summed E-state index contributed by atoms with van der Waals surface area (Å²) in [5.74, 6) is -0.412. The van der Waals surface area contributed by atoms with E-state index in [9.17, 15) is 9.59 Å². The molecule has 3 aromatic rings. The van der Waals surface area contributed by atoms with E-state index < -0.39 is 0 Å². The molecule has 6 heteroatoms. The number of carbonyl (C=O) groups is 2. The van der Waals surface area contributed by atoms with Gasteiger partial charge in [0.1, 0.15) is 0 Å². The second-order valence-corrected chi connectivity index (χ2v) is 9.47. The minimum absolute atomic E-state index is 0.170. The second kappa shape index (κ2) is 8.04. The Kier molecular flexibility index (Phi) is 5.19. The van der Waals surface area contributed by atoms with Crippen molar-refractivity contribution in [1.82, 2.24) is 0 Å². The highest BCUT2D eigenvalue weighted by Gasteiger charge is 2.42. The van der Waals surface area contributed by atoms with Crippen molar-refractivity contribution >= 4 is 57.1 Å². The Balaban J connectivity index is 1.60. The Labute approximate surface area is 196 Å². The Morgan fingerprint density at radius 3 is 2.28 bits per heavy atom. The molecule has 32 heavy (non-hydrogen) atoms. The molecule has 1 fully saturated rings. The van der Waals surface area contributed by atoms with Crippen molar-refractivity contribution in [1.29, 1.82) is 0 Å². The van der Waals surface area contributed by atoms with Crippen LogP contribution in [0.3, 0.4) is 0 Å². The number of nitrogens with zero attached hydrogens (tertiary/aromatic N) is 2. The molecule has 2 aliphatic rings. The van der Waals surface area contributed by atoms with Crippen LogP contribution in [-0.4, -0.2) is 16.1 Å². The van der Waals surface area contributed by atoms with Gasteiger partial charge in [0.05, 0.1) is 28.4 Å². The molecular formula is C26H20N2O2S2. The molecule has 158 valence electrons. The maximum Gasteiger partial charge on any atom is 0.271 e. The van der Waals surface area contributed by atoms with E-state index in [0.29, 0.717) is 21.3 Å². The van der Waals surface area contributed by atoms with Crippen LogP contribution in [0, 0.1) is 13.8 Å². The molecule has 0 spiro atoms. The van der Waals surface area contributed by atoms with Gasteiger partial charge >= 0.3 is 0 Å². The highest BCUT2D eigenvalue weighted by molar-refractivity contribution is 8.27. The second-order valence-electron chi connectivity index (χ2n) is 7.83. The van der Waals surface area contributed by atoms with Gasteiger partial charge in [0.25, 0.3) is 11.8 Å². The number of thioether (sulfide) groups is 1. The zero-order valence-electron chi connectivity index (χ0n) is 17.7. The first-order valence-electron chi connectivity index (χ1n) is 10.3. The maximum atomic E-state index is 13.6. The van der Waals surface area contributed by atoms with Gasteiger partial charge in [-0.15, -0.1) is 0 Å². The van der Waals surface area contributed by atoms with Gasteiger partial charge in [0.2, 0.25) is 0 Å². The Morgan fingerprint density at radius 1 is 0.812 bits per heavy atom. The van der Waals surface area contributed by atoms with E-state index in [1.165, 1.54) is 11.8 Å². The smallest absolute Gasteiger partial charge is 0.271 e. The number of aryl methyl sites for hydroxylation is 1. The molecule has 4 nitrogen and oxygen atoms in total. The first kappa shape index (κ1) is 20.7. The van der Waals surface area contributed by atoms with Crippen LogP contribution in [0.15, 0.2) is 77.7 Å². The fourth-order valence-electron chi connectivity index (χ4n) is 4.13. The molecule has 1 saturated heterocycles. The van der Waals surface area contributed by atoms with Gasteiger partial charge in [-0.3, -0.25) is 14.5 Å². The Hall–Kier alpha value is -3.22. The van der Waals surface area contributed by atoms with Crippen LogP contribution in [0.4, 0.5) is 11.4 Å². The summed E-state index contributed by atoms with van der Waals surface area (Å²) < 4.78 is 0.443. The summed E-state index contributed by atoms with van der Waals surface area (Å²) in [4.78, 5) is 30.9.